The molecular formula is C16H24FN3O. The van der Waals surface area contributed by atoms with Gasteiger partial charge in [-0.25, -0.2) is 4.39 Å². The molecule has 2 rings (SSSR count). The SMILES string of the molecule is CCCN1CCCC(Nc2cccc(F)c2)(C(N)=O)CC1. The number of rotatable bonds is 5. The van der Waals surface area contributed by atoms with Crippen LogP contribution in [0.2, 0.25) is 0 Å². The second-order valence-corrected chi connectivity index (χ2v) is 5.78. The van der Waals surface area contributed by atoms with Gasteiger partial charge >= 0.3 is 0 Å². The van der Waals surface area contributed by atoms with Gasteiger partial charge in [-0.15, -0.1) is 0 Å². The van der Waals surface area contributed by atoms with Gasteiger partial charge in [0.1, 0.15) is 11.4 Å². The molecule has 1 amide bonds. The van der Waals surface area contributed by atoms with Gasteiger partial charge in [0.2, 0.25) is 5.91 Å². The Kier molecular flexibility index (Phi) is 5.17. The molecule has 0 radical (unpaired) electrons. The predicted octanol–water partition coefficient (Wildman–Crippen LogP) is 2.36. The van der Waals surface area contributed by atoms with Gasteiger partial charge in [-0.05, 0) is 57.0 Å². The number of nitrogens with two attached hydrogens (primary N) is 1. The molecule has 1 aromatic carbocycles. The zero-order valence-corrected chi connectivity index (χ0v) is 12.6. The zero-order valence-electron chi connectivity index (χ0n) is 12.6. The van der Waals surface area contributed by atoms with Gasteiger partial charge in [-0.2, -0.15) is 0 Å². The van der Waals surface area contributed by atoms with Crippen LogP contribution in [-0.4, -0.2) is 36.0 Å². The van der Waals surface area contributed by atoms with Crippen molar-refractivity contribution in [3.63, 3.8) is 0 Å². The lowest BCUT2D eigenvalue weighted by Gasteiger charge is -2.31. The Morgan fingerprint density at radius 1 is 1.43 bits per heavy atom. The summed E-state index contributed by atoms with van der Waals surface area (Å²) in [5.74, 6) is -0.675. The van der Waals surface area contributed by atoms with Crippen molar-refractivity contribution < 1.29 is 9.18 Å². The van der Waals surface area contributed by atoms with Gasteiger partial charge in [-0.1, -0.05) is 13.0 Å². The highest BCUT2D eigenvalue weighted by molar-refractivity contribution is 5.88. The van der Waals surface area contributed by atoms with E-state index in [0.29, 0.717) is 18.5 Å². The number of primary amides is 1. The number of carbonyl (C=O) groups excluding carboxylic acids is 1. The third-order valence-electron chi connectivity index (χ3n) is 4.15. The van der Waals surface area contributed by atoms with Crippen LogP contribution in [0.3, 0.4) is 0 Å². The number of hydrogen-bond donors (Lipinski definition) is 2. The van der Waals surface area contributed by atoms with E-state index < -0.39 is 5.54 Å². The summed E-state index contributed by atoms with van der Waals surface area (Å²) in [5, 5.41) is 3.20. The zero-order chi connectivity index (χ0) is 15.3. The molecule has 0 saturated carbocycles. The summed E-state index contributed by atoms with van der Waals surface area (Å²) < 4.78 is 13.3. The van der Waals surface area contributed by atoms with E-state index in [0.717, 1.165) is 32.5 Å². The van der Waals surface area contributed by atoms with Gasteiger partial charge < -0.3 is 16.0 Å². The fourth-order valence-corrected chi connectivity index (χ4v) is 3.01. The fraction of sp³-hybridized carbons (Fsp3) is 0.562. The van der Waals surface area contributed by atoms with Crippen molar-refractivity contribution in [2.45, 2.75) is 38.1 Å². The van der Waals surface area contributed by atoms with Crippen molar-refractivity contribution in [3.8, 4) is 0 Å². The average molecular weight is 293 g/mol. The van der Waals surface area contributed by atoms with Crippen LogP contribution in [0.4, 0.5) is 10.1 Å². The first-order valence-corrected chi connectivity index (χ1v) is 7.62. The number of carbonyl (C=O) groups is 1. The maximum absolute atomic E-state index is 13.3. The van der Waals surface area contributed by atoms with Crippen molar-refractivity contribution >= 4 is 11.6 Å². The van der Waals surface area contributed by atoms with Crippen LogP contribution >= 0.6 is 0 Å². The van der Waals surface area contributed by atoms with E-state index in [1.54, 1.807) is 12.1 Å². The number of benzene rings is 1. The van der Waals surface area contributed by atoms with Crippen molar-refractivity contribution in [3.05, 3.63) is 30.1 Å². The lowest BCUT2D eigenvalue weighted by Crippen LogP contribution is -2.51. The van der Waals surface area contributed by atoms with E-state index in [2.05, 4.69) is 17.1 Å². The number of nitrogens with one attached hydrogen (secondary N) is 1. The minimum absolute atomic E-state index is 0.319. The third kappa shape index (κ3) is 3.94. The molecule has 1 heterocycles. The van der Waals surface area contributed by atoms with Crippen LogP contribution in [0.1, 0.15) is 32.6 Å². The minimum atomic E-state index is -0.781. The molecule has 4 nitrogen and oxygen atoms in total. The standard InChI is InChI=1S/C16H24FN3O/c1-2-9-20-10-4-7-16(8-11-20,15(18)21)19-14-6-3-5-13(17)12-14/h3,5-6,12,19H,2,4,7-11H2,1H3,(H2,18,21). The van der Waals surface area contributed by atoms with E-state index in [-0.39, 0.29) is 11.7 Å². The summed E-state index contributed by atoms with van der Waals surface area (Å²) in [6.45, 7) is 5.00. The number of halogens is 1. The van der Waals surface area contributed by atoms with Gasteiger partial charge in [0.25, 0.3) is 0 Å². The van der Waals surface area contributed by atoms with Crippen LogP contribution in [0, 0.1) is 5.82 Å². The van der Waals surface area contributed by atoms with Gasteiger partial charge in [0.15, 0.2) is 0 Å². The quantitative estimate of drug-likeness (QED) is 0.876. The molecule has 1 saturated heterocycles. The van der Waals surface area contributed by atoms with Gasteiger partial charge in [-0.3, -0.25) is 4.79 Å². The molecule has 1 aromatic rings. The van der Waals surface area contributed by atoms with Crippen LogP contribution in [-0.2, 0) is 4.79 Å². The third-order valence-corrected chi connectivity index (χ3v) is 4.15. The van der Waals surface area contributed by atoms with Crippen molar-refractivity contribution in [2.24, 2.45) is 5.73 Å². The first kappa shape index (κ1) is 15.8. The first-order chi connectivity index (χ1) is 10.1. The summed E-state index contributed by atoms with van der Waals surface area (Å²) in [6.07, 6.45) is 3.34. The monoisotopic (exact) mass is 293 g/mol. The Labute approximate surface area is 125 Å². The molecule has 0 bridgehead atoms. The van der Waals surface area contributed by atoms with E-state index in [1.165, 1.54) is 12.1 Å². The number of amides is 1. The van der Waals surface area contributed by atoms with E-state index in [9.17, 15) is 9.18 Å². The second-order valence-electron chi connectivity index (χ2n) is 5.78. The van der Waals surface area contributed by atoms with Crippen LogP contribution < -0.4 is 11.1 Å². The number of likely N-dealkylation sites (tertiary alicyclic amines) is 1. The number of anilines is 1. The summed E-state index contributed by atoms with van der Waals surface area (Å²) in [7, 11) is 0. The maximum atomic E-state index is 13.3. The van der Waals surface area contributed by atoms with E-state index in [1.807, 2.05) is 0 Å². The largest absolute Gasteiger partial charge is 0.371 e. The highest BCUT2D eigenvalue weighted by atomic mass is 19.1. The van der Waals surface area contributed by atoms with E-state index >= 15 is 0 Å². The first-order valence-electron chi connectivity index (χ1n) is 7.62. The highest BCUT2D eigenvalue weighted by Crippen LogP contribution is 2.27. The molecule has 1 unspecified atom stereocenters. The molecule has 3 N–H and O–H groups in total. The van der Waals surface area contributed by atoms with Crippen LogP contribution in [0.5, 0.6) is 0 Å². The second kappa shape index (κ2) is 6.89. The summed E-state index contributed by atoms with van der Waals surface area (Å²) >= 11 is 0. The number of nitrogens with zero attached hydrogens (tertiary/aromatic N) is 1. The molecule has 0 spiro atoms. The molecule has 0 aliphatic carbocycles. The van der Waals surface area contributed by atoms with Gasteiger partial charge in [0, 0.05) is 12.2 Å². The van der Waals surface area contributed by atoms with Crippen LogP contribution in [0.15, 0.2) is 24.3 Å². The Morgan fingerprint density at radius 2 is 2.24 bits per heavy atom. The summed E-state index contributed by atoms with van der Waals surface area (Å²) in [4.78, 5) is 14.4. The smallest absolute Gasteiger partial charge is 0.243 e. The highest BCUT2D eigenvalue weighted by Gasteiger charge is 2.38. The Bertz CT molecular complexity index is 494. The fourth-order valence-electron chi connectivity index (χ4n) is 3.01. The maximum Gasteiger partial charge on any atom is 0.243 e. The molecule has 1 aliphatic heterocycles. The Morgan fingerprint density at radius 3 is 2.90 bits per heavy atom. The number of hydrogen-bond acceptors (Lipinski definition) is 3. The summed E-state index contributed by atoms with van der Waals surface area (Å²) in [5.41, 5.74) is 5.49. The predicted molar refractivity (Wildman–Crippen MR) is 82.5 cm³/mol. The molecular weight excluding hydrogens is 269 g/mol. The minimum Gasteiger partial charge on any atom is -0.371 e. The van der Waals surface area contributed by atoms with Crippen LogP contribution in [0.25, 0.3) is 0 Å². The average Bonchev–Trinajstić information content (AvgIpc) is 2.63. The lowest BCUT2D eigenvalue weighted by molar-refractivity contribution is -0.122. The molecule has 5 heteroatoms. The molecule has 1 atom stereocenters. The molecule has 1 aliphatic rings. The lowest BCUT2D eigenvalue weighted by atomic mass is 9.89. The normalized spacial score (nSPS) is 23.5. The summed E-state index contributed by atoms with van der Waals surface area (Å²) in [6, 6.07) is 6.19. The Hall–Kier alpha value is -1.62. The van der Waals surface area contributed by atoms with Crippen molar-refractivity contribution in [1.29, 1.82) is 0 Å². The van der Waals surface area contributed by atoms with Crippen molar-refractivity contribution in [1.82, 2.24) is 4.90 Å². The van der Waals surface area contributed by atoms with Crippen molar-refractivity contribution in [2.75, 3.05) is 25.0 Å². The molecule has 0 aromatic heterocycles. The topological polar surface area (TPSA) is 58.4 Å². The molecule has 116 valence electrons. The molecule has 21 heavy (non-hydrogen) atoms. The van der Waals surface area contributed by atoms with Gasteiger partial charge in [0.05, 0.1) is 0 Å². The van der Waals surface area contributed by atoms with E-state index in [4.69, 9.17) is 5.73 Å². The molecule has 1 fully saturated rings. The Balaban J connectivity index is 2.15.